The average Bonchev–Trinajstić information content (AvgIpc) is 3.51. The molecule has 3 aliphatic heterocycles. The lowest BCUT2D eigenvalue weighted by Gasteiger charge is -2.40. The van der Waals surface area contributed by atoms with E-state index >= 15 is 0 Å². The van der Waals surface area contributed by atoms with Crippen LogP contribution in [-0.4, -0.2) is 66.3 Å². The topological polar surface area (TPSA) is 87.0 Å². The van der Waals surface area contributed by atoms with E-state index in [2.05, 4.69) is 29.2 Å². The maximum Gasteiger partial charge on any atom is 0.246 e. The van der Waals surface area contributed by atoms with Gasteiger partial charge < -0.3 is 15.5 Å². The van der Waals surface area contributed by atoms with Gasteiger partial charge in [-0.2, -0.15) is 0 Å². The van der Waals surface area contributed by atoms with Crippen LogP contribution in [0.5, 0.6) is 0 Å². The molecular formula is C31H38N4O3. The molecule has 1 aliphatic carbocycles. The van der Waals surface area contributed by atoms with Crippen LogP contribution < -0.4 is 10.6 Å². The number of hydrogen-bond acceptors (Lipinski definition) is 4. The highest BCUT2D eigenvalue weighted by Gasteiger charge is 2.43. The number of nitrogens with two attached hydrogens (primary N) is 1. The summed E-state index contributed by atoms with van der Waals surface area (Å²) in [7, 11) is 0. The fourth-order valence-corrected chi connectivity index (χ4v) is 7.35. The summed E-state index contributed by atoms with van der Waals surface area (Å²) in [5.41, 5.74) is 10.8. The van der Waals surface area contributed by atoms with Crippen LogP contribution in [0.15, 0.2) is 48.5 Å². The summed E-state index contributed by atoms with van der Waals surface area (Å²) in [6.07, 6.45) is 6.85. The number of piperidine rings is 2. The lowest BCUT2D eigenvalue weighted by atomic mass is 9.74. The second kappa shape index (κ2) is 10.2. The van der Waals surface area contributed by atoms with E-state index in [1.807, 2.05) is 29.2 Å². The van der Waals surface area contributed by atoms with Gasteiger partial charge in [0.05, 0.1) is 0 Å². The number of carbonyl (C=O) groups excluding carboxylic acids is 3. The number of nitrogens with zero attached hydrogens (tertiary/aromatic N) is 3. The molecule has 0 saturated carbocycles. The third-order valence-corrected chi connectivity index (χ3v) is 9.66. The second-order valence-corrected chi connectivity index (χ2v) is 11.6. The highest BCUT2D eigenvalue weighted by molar-refractivity contribution is 6.03. The van der Waals surface area contributed by atoms with Gasteiger partial charge in [-0.15, -0.1) is 0 Å². The van der Waals surface area contributed by atoms with Crippen LogP contribution in [0.25, 0.3) is 0 Å². The lowest BCUT2D eigenvalue weighted by molar-refractivity contribution is -0.137. The van der Waals surface area contributed by atoms with E-state index in [1.54, 1.807) is 10.5 Å². The molecule has 0 radical (unpaired) electrons. The first-order valence-electron chi connectivity index (χ1n) is 14.2. The molecule has 1 atom stereocenters. The van der Waals surface area contributed by atoms with Crippen LogP contribution >= 0.6 is 0 Å². The minimum absolute atomic E-state index is 0.0164. The summed E-state index contributed by atoms with van der Waals surface area (Å²) in [5.74, 6) is -0.453. The van der Waals surface area contributed by atoms with E-state index in [1.165, 1.54) is 18.4 Å². The Bertz CT molecular complexity index is 1230. The first-order chi connectivity index (χ1) is 18.4. The van der Waals surface area contributed by atoms with Gasteiger partial charge in [-0.3, -0.25) is 19.3 Å². The summed E-state index contributed by atoms with van der Waals surface area (Å²) in [4.78, 5) is 44.9. The minimum atomic E-state index is -0.510. The van der Waals surface area contributed by atoms with E-state index in [-0.39, 0.29) is 23.6 Å². The molecule has 6 rings (SSSR count). The highest BCUT2D eigenvalue weighted by Crippen LogP contribution is 2.46. The molecule has 2 fully saturated rings. The van der Waals surface area contributed by atoms with Crippen LogP contribution in [0.2, 0.25) is 0 Å². The molecule has 0 bridgehead atoms. The van der Waals surface area contributed by atoms with Gasteiger partial charge in [-0.1, -0.05) is 42.5 Å². The molecule has 2 saturated heterocycles. The Labute approximate surface area is 225 Å². The van der Waals surface area contributed by atoms with Crippen molar-refractivity contribution in [3.05, 3.63) is 65.2 Å². The molecule has 2 aromatic rings. The van der Waals surface area contributed by atoms with Crippen molar-refractivity contribution in [1.29, 1.82) is 0 Å². The van der Waals surface area contributed by atoms with Gasteiger partial charge in [-0.25, -0.2) is 0 Å². The summed E-state index contributed by atoms with van der Waals surface area (Å²) in [6.45, 7) is 3.77. The molecule has 200 valence electrons. The van der Waals surface area contributed by atoms with Crippen LogP contribution in [0.1, 0.15) is 55.2 Å². The number of carbonyl (C=O) groups is 3. The van der Waals surface area contributed by atoms with E-state index in [4.69, 9.17) is 5.73 Å². The summed E-state index contributed by atoms with van der Waals surface area (Å²) >= 11 is 0. The van der Waals surface area contributed by atoms with Crippen LogP contribution in [0, 0.1) is 5.92 Å². The Morgan fingerprint density at radius 1 is 0.868 bits per heavy atom. The molecule has 1 spiro atoms. The SMILES string of the molecule is NC(=O)C1CCN(C(=O)[C@@H]2Cc3ccccc3N2C(=O)CCN2CCC3(CCc4ccccc43)CC2)CC1. The number of fused-ring (bicyclic) bond motifs is 3. The van der Waals surface area contributed by atoms with Crippen LogP contribution in [0.4, 0.5) is 5.69 Å². The molecule has 4 aliphatic rings. The van der Waals surface area contributed by atoms with E-state index in [0.29, 0.717) is 44.2 Å². The van der Waals surface area contributed by atoms with Gasteiger partial charge in [0, 0.05) is 44.1 Å². The van der Waals surface area contributed by atoms with Gasteiger partial charge >= 0.3 is 0 Å². The van der Waals surface area contributed by atoms with Crippen molar-refractivity contribution in [2.24, 2.45) is 11.7 Å². The molecule has 0 unspecified atom stereocenters. The Morgan fingerprint density at radius 2 is 1.55 bits per heavy atom. The van der Waals surface area contributed by atoms with E-state index < -0.39 is 6.04 Å². The predicted molar refractivity (Wildman–Crippen MR) is 147 cm³/mol. The van der Waals surface area contributed by atoms with Crippen molar-refractivity contribution >= 4 is 23.4 Å². The number of rotatable bonds is 5. The number of para-hydroxylation sites is 1. The number of primary amides is 1. The molecule has 7 heteroatoms. The van der Waals surface area contributed by atoms with Crippen molar-refractivity contribution in [3.63, 3.8) is 0 Å². The molecule has 3 heterocycles. The van der Waals surface area contributed by atoms with Crippen molar-refractivity contribution in [3.8, 4) is 0 Å². The highest BCUT2D eigenvalue weighted by atomic mass is 16.2. The standard InChI is InChI=1S/C31H38N4O3/c32-29(37)23-10-17-34(18-11-23)30(38)27-21-24-6-2-4-8-26(24)35(27)28(36)12-16-33-19-14-31(15-20-33)13-9-22-5-1-3-7-25(22)31/h1-8,23,27H,9-21H2,(H2,32,37)/t27-/m0/s1. The number of amides is 3. The van der Waals surface area contributed by atoms with Gasteiger partial charge in [0.25, 0.3) is 0 Å². The molecule has 0 aromatic heterocycles. The third-order valence-electron chi connectivity index (χ3n) is 9.66. The Morgan fingerprint density at radius 3 is 2.29 bits per heavy atom. The zero-order valence-electron chi connectivity index (χ0n) is 22.1. The van der Waals surface area contributed by atoms with E-state index in [0.717, 1.165) is 43.7 Å². The van der Waals surface area contributed by atoms with Gasteiger partial charge in [0.1, 0.15) is 6.04 Å². The largest absolute Gasteiger partial charge is 0.369 e. The first-order valence-corrected chi connectivity index (χ1v) is 14.2. The Hall–Kier alpha value is -3.19. The summed E-state index contributed by atoms with van der Waals surface area (Å²) in [5, 5.41) is 0. The Kier molecular flexibility index (Phi) is 6.72. The first kappa shape index (κ1) is 25.1. The number of aryl methyl sites for hydroxylation is 1. The van der Waals surface area contributed by atoms with Crippen molar-refractivity contribution < 1.29 is 14.4 Å². The number of benzene rings is 2. The molecule has 38 heavy (non-hydrogen) atoms. The second-order valence-electron chi connectivity index (χ2n) is 11.6. The maximum absolute atomic E-state index is 13.7. The van der Waals surface area contributed by atoms with Crippen LogP contribution in [0.3, 0.4) is 0 Å². The number of hydrogen-bond donors (Lipinski definition) is 1. The Balaban J connectivity index is 1.09. The molecule has 7 nitrogen and oxygen atoms in total. The fourth-order valence-electron chi connectivity index (χ4n) is 7.35. The zero-order valence-corrected chi connectivity index (χ0v) is 22.1. The maximum atomic E-state index is 13.7. The van der Waals surface area contributed by atoms with Gasteiger partial charge in [-0.05, 0) is 79.8 Å². The quantitative estimate of drug-likeness (QED) is 0.665. The van der Waals surface area contributed by atoms with Crippen molar-refractivity contribution in [1.82, 2.24) is 9.80 Å². The summed E-state index contributed by atoms with van der Waals surface area (Å²) < 4.78 is 0. The van der Waals surface area contributed by atoms with Crippen LogP contribution in [-0.2, 0) is 32.6 Å². The van der Waals surface area contributed by atoms with E-state index in [9.17, 15) is 14.4 Å². The fraction of sp³-hybridized carbons (Fsp3) is 0.516. The summed E-state index contributed by atoms with van der Waals surface area (Å²) in [6, 6.07) is 16.3. The molecule has 3 amide bonds. The monoisotopic (exact) mass is 514 g/mol. The van der Waals surface area contributed by atoms with Gasteiger partial charge in [0.2, 0.25) is 17.7 Å². The molecule has 2 aromatic carbocycles. The van der Waals surface area contributed by atoms with Crippen molar-refractivity contribution in [2.75, 3.05) is 37.6 Å². The third kappa shape index (κ3) is 4.51. The normalized spacial score (nSPS) is 22.9. The van der Waals surface area contributed by atoms with Crippen molar-refractivity contribution in [2.45, 2.75) is 62.8 Å². The zero-order chi connectivity index (χ0) is 26.3. The number of likely N-dealkylation sites (tertiary alicyclic amines) is 2. The number of anilines is 1. The molecule has 2 N–H and O–H groups in total. The minimum Gasteiger partial charge on any atom is -0.369 e. The lowest BCUT2D eigenvalue weighted by Crippen LogP contribution is -2.52. The smallest absolute Gasteiger partial charge is 0.246 e. The molecular weight excluding hydrogens is 476 g/mol. The van der Waals surface area contributed by atoms with Gasteiger partial charge in [0.15, 0.2) is 0 Å². The predicted octanol–water partition coefficient (Wildman–Crippen LogP) is 3.04. The average molecular weight is 515 g/mol.